The lowest BCUT2D eigenvalue weighted by Crippen LogP contribution is -2.22. The first-order valence-electron chi connectivity index (χ1n) is 10.4. The Morgan fingerprint density at radius 1 is 1.18 bits per heavy atom. The summed E-state index contributed by atoms with van der Waals surface area (Å²) >= 11 is 6.26. The number of pyridine rings is 1. The average molecular weight is 467 g/mol. The Balaban J connectivity index is 1.36. The maximum absolute atomic E-state index is 13.2. The van der Waals surface area contributed by atoms with E-state index in [2.05, 4.69) is 20.5 Å². The molecule has 5 rings (SSSR count). The van der Waals surface area contributed by atoms with E-state index in [1.807, 2.05) is 19.2 Å². The van der Waals surface area contributed by atoms with Crippen molar-refractivity contribution in [2.24, 2.45) is 0 Å². The summed E-state index contributed by atoms with van der Waals surface area (Å²) in [4.78, 5) is 17.4. The summed E-state index contributed by atoms with van der Waals surface area (Å²) in [6, 6.07) is 7.98. The van der Waals surface area contributed by atoms with Gasteiger partial charge in [-0.15, -0.1) is 0 Å². The van der Waals surface area contributed by atoms with Gasteiger partial charge in [-0.1, -0.05) is 11.6 Å². The Morgan fingerprint density at radius 2 is 2.00 bits per heavy atom. The Hall–Kier alpha value is -3.56. The van der Waals surface area contributed by atoms with Crippen molar-refractivity contribution in [3.63, 3.8) is 0 Å². The van der Waals surface area contributed by atoms with E-state index < -0.39 is 0 Å². The Labute approximate surface area is 194 Å². The molecule has 168 valence electrons. The van der Waals surface area contributed by atoms with E-state index >= 15 is 0 Å². The van der Waals surface area contributed by atoms with Crippen LogP contribution in [-0.4, -0.2) is 43.7 Å². The van der Waals surface area contributed by atoms with Crippen LogP contribution in [0.3, 0.4) is 0 Å². The maximum Gasteiger partial charge on any atom is 0.276 e. The van der Waals surface area contributed by atoms with Gasteiger partial charge in [0.1, 0.15) is 17.3 Å². The van der Waals surface area contributed by atoms with Crippen LogP contribution in [0.25, 0.3) is 16.8 Å². The number of aryl methyl sites for hydroxylation is 1. The van der Waals surface area contributed by atoms with Gasteiger partial charge in [-0.25, -0.2) is 14.1 Å². The van der Waals surface area contributed by atoms with Gasteiger partial charge in [-0.05, 0) is 49.2 Å². The number of halogens is 2. The molecule has 33 heavy (non-hydrogen) atoms. The van der Waals surface area contributed by atoms with Crippen LogP contribution in [0, 0.1) is 12.7 Å². The first-order chi connectivity index (χ1) is 16.0. The molecule has 3 aromatic heterocycles. The second kappa shape index (κ2) is 8.76. The number of rotatable bonds is 5. The van der Waals surface area contributed by atoms with Crippen molar-refractivity contribution in [1.29, 1.82) is 0 Å². The summed E-state index contributed by atoms with van der Waals surface area (Å²) in [5, 5.41) is 11.7. The number of nitrogens with zero attached hydrogens (tertiary/aromatic N) is 5. The highest BCUT2D eigenvalue weighted by Gasteiger charge is 2.26. The van der Waals surface area contributed by atoms with E-state index in [9.17, 15) is 9.18 Å². The molecule has 1 N–H and O–H groups in total. The molecule has 4 heterocycles. The topological polar surface area (TPSA) is 86.9 Å². The molecule has 1 fully saturated rings. The van der Waals surface area contributed by atoms with Gasteiger partial charge in [0.25, 0.3) is 5.91 Å². The fourth-order valence-electron chi connectivity index (χ4n) is 3.78. The number of ether oxygens (including phenoxy) is 1. The highest BCUT2D eigenvalue weighted by molar-refractivity contribution is 6.34. The van der Waals surface area contributed by atoms with Crippen molar-refractivity contribution in [1.82, 2.24) is 24.5 Å². The minimum atomic E-state index is -0.378. The van der Waals surface area contributed by atoms with Crippen LogP contribution in [0.4, 0.5) is 10.2 Å². The summed E-state index contributed by atoms with van der Waals surface area (Å²) in [7, 11) is 0. The lowest BCUT2D eigenvalue weighted by Gasteiger charge is -2.14. The highest BCUT2D eigenvalue weighted by Crippen LogP contribution is 2.27. The van der Waals surface area contributed by atoms with Crippen molar-refractivity contribution >= 4 is 23.3 Å². The third-order valence-corrected chi connectivity index (χ3v) is 5.81. The van der Waals surface area contributed by atoms with Gasteiger partial charge in [0.05, 0.1) is 35.8 Å². The summed E-state index contributed by atoms with van der Waals surface area (Å²) in [6.07, 6.45) is 7.45. The average Bonchev–Trinajstić information content (AvgIpc) is 3.56. The number of benzene rings is 1. The first-order valence-corrected chi connectivity index (χ1v) is 10.8. The number of aromatic nitrogens is 5. The van der Waals surface area contributed by atoms with Crippen LogP contribution < -0.4 is 5.32 Å². The molecule has 1 aliphatic rings. The first kappa shape index (κ1) is 21.3. The van der Waals surface area contributed by atoms with Crippen LogP contribution in [0.15, 0.2) is 55.1 Å². The van der Waals surface area contributed by atoms with Crippen molar-refractivity contribution in [3.8, 4) is 16.8 Å². The van der Waals surface area contributed by atoms with Crippen LogP contribution in [0.5, 0.6) is 0 Å². The highest BCUT2D eigenvalue weighted by atomic mass is 35.5. The molecule has 1 aromatic carbocycles. The van der Waals surface area contributed by atoms with Crippen molar-refractivity contribution in [2.45, 2.75) is 19.4 Å². The normalized spacial score (nSPS) is 15.7. The van der Waals surface area contributed by atoms with Crippen molar-refractivity contribution in [3.05, 3.63) is 77.2 Å². The van der Waals surface area contributed by atoms with Gasteiger partial charge in [0.2, 0.25) is 0 Å². The van der Waals surface area contributed by atoms with Gasteiger partial charge in [-0.3, -0.25) is 9.48 Å². The summed E-state index contributed by atoms with van der Waals surface area (Å²) in [5.41, 5.74) is 3.50. The van der Waals surface area contributed by atoms with Gasteiger partial charge in [0.15, 0.2) is 0 Å². The number of anilines is 1. The molecule has 1 saturated heterocycles. The smallest absolute Gasteiger partial charge is 0.276 e. The van der Waals surface area contributed by atoms with Crippen LogP contribution in [0.2, 0.25) is 5.02 Å². The number of nitrogens with one attached hydrogen (secondary N) is 1. The molecule has 0 bridgehead atoms. The Bertz CT molecular complexity index is 1310. The van der Waals surface area contributed by atoms with Gasteiger partial charge in [0, 0.05) is 30.1 Å². The van der Waals surface area contributed by atoms with Gasteiger partial charge in [-0.2, -0.15) is 10.2 Å². The fraction of sp³-hybridized carbons (Fsp3) is 0.217. The molecule has 0 radical (unpaired) electrons. The van der Waals surface area contributed by atoms with Crippen molar-refractivity contribution < 1.29 is 13.9 Å². The molecule has 4 aromatic rings. The third kappa shape index (κ3) is 4.24. The zero-order valence-electron chi connectivity index (χ0n) is 17.7. The monoisotopic (exact) mass is 466 g/mol. The van der Waals surface area contributed by atoms with Crippen molar-refractivity contribution in [2.75, 3.05) is 18.5 Å². The van der Waals surface area contributed by atoms with Gasteiger partial charge >= 0.3 is 0 Å². The third-order valence-electron chi connectivity index (χ3n) is 5.53. The number of carbonyl (C=O) groups excluding carboxylic acids is 1. The lowest BCUT2D eigenvalue weighted by atomic mass is 10.1. The maximum atomic E-state index is 13.2. The van der Waals surface area contributed by atoms with E-state index in [0.717, 1.165) is 28.8 Å². The second-order valence-electron chi connectivity index (χ2n) is 7.80. The Kier molecular flexibility index (Phi) is 5.65. The quantitative estimate of drug-likeness (QED) is 0.469. The summed E-state index contributed by atoms with van der Waals surface area (Å²) in [6.45, 7) is 2.99. The van der Waals surface area contributed by atoms with E-state index in [1.54, 1.807) is 33.9 Å². The Morgan fingerprint density at radius 3 is 2.73 bits per heavy atom. The number of hydrogen-bond donors (Lipinski definition) is 1. The number of amides is 1. The molecule has 10 heteroatoms. The molecule has 0 aliphatic carbocycles. The lowest BCUT2D eigenvalue weighted by molar-refractivity contribution is 0.101. The number of carbonyl (C=O) groups is 1. The van der Waals surface area contributed by atoms with Crippen LogP contribution in [0.1, 0.15) is 28.5 Å². The number of hydrogen-bond acceptors (Lipinski definition) is 5. The van der Waals surface area contributed by atoms with E-state index in [0.29, 0.717) is 19.0 Å². The van der Waals surface area contributed by atoms with Gasteiger partial charge < -0.3 is 10.1 Å². The van der Waals surface area contributed by atoms with E-state index in [4.69, 9.17) is 16.3 Å². The largest absolute Gasteiger partial charge is 0.379 e. The standard InChI is InChI=1S/C23H20ClFN6O2/c1-14-8-15(16-10-27-30(12-16)18-4-2-17(25)3-5-18)9-26-22(14)29-23(32)21-20(24)11-28-31(21)19-6-7-33-13-19/h2-5,8-12,19H,6-7,13H2,1H3,(H,26,29,32)/t19-/m0/s1. The molecule has 8 nitrogen and oxygen atoms in total. The van der Waals surface area contributed by atoms with Crippen LogP contribution >= 0.6 is 11.6 Å². The molecule has 0 spiro atoms. The van der Waals surface area contributed by atoms with E-state index in [-0.39, 0.29) is 28.5 Å². The summed E-state index contributed by atoms with van der Waals surface area (Å²) < 4.78 is 21.9. The summed E-state index contributed by atoms with van der Waals surface area (Å²) in [5.74, 6) is -0.248. The molecular formula is C23H20ClFN6O2. The second-order valence-corrected chi connectivity index (χ2v) is 8.20. The predicted octanol–water partition coefficient (Wildman–Crippen LogP) is 4.45. The SMILES string of the molecule is Cc1cc(-c2cnn(-c3ccc(F)cc3)c2)cnc1NC(=O)c1c(Cl)cnn1[C@H]1CCOC1. The zero-order chi connectivity index (χ0) is 22.9. The minimum Gasteiger partial charge on any atom is -0.379 e. The molecule has 1 atom stereocenters. The van der Waals surface area contributed by atoms with Crippen LogP contribution in [-0.2, 0) is 4.74 Å². The molecule has 0 saturated carbocycles. The molecule has 1 amide bonds. The molecular weight excluding hydrogens is 447 g/mol. The van der Waals surface area contributed by atoms with E-state index in [1.165, 1.54) is 18.3 Å². The fourth-order valence-corrected chi connectivity index (χ4v) is 4.00. The minimum absolute atomic E-state index is 0.0210. The molecule has 0 unspecified atom stereocenters. The zero-order valence-corrected chi connectivity index (χ0v) is 18.5. The molecule has 1 aliphatic heterocycles. The predicted molar refractivity (Wildman–Crippen MR) is 121 cm³/mol.